The van der Waals surface area contributed by atoms with Gasteiger partial charge in [0.2, 0.25) is 0 Å². The van der Waals surface area contributed by atoms with Crippen LogP contribution in [-0.2, 0) is 17.1 Å². The van der Waals surface area contributed by atoms with Crippen LogP contribution in [0.15, 0.2) is 0 Å². The van der Waals surface area contributed by atoms with Gasteiger partial charge in [-0.3, -0.25) is 0 Å². The van der Waals surface area contributed by atoms with Crippen molar-refractivity contribution < 1.29 is 37.5 Å². The van der Waals surface area contributed by atoms with E-state index in [-0.39, 0.29) is 17.1 Å². The standard InChI is InChI=1S/Fe.HNO3.2NO3/c;3*2-1(3)4/h;(H,2,3,4);;/q;;2*-1. The van der Waals surface area contributed by atoms with Crippen LogP contribution in [0.2, 0.25) is 0 Å². The Hall–Kier alpha value is -1.88. The molecule has 0 atom stereocenters. The van der Waals surface area contributed by atoms with Gasteiger partial charge in [-0.05, 0) is 0 Å². The first-order valence-electron chi connectivity index (χ1n) is 1.66. The van der Waals surface area contributed by atoms with Crippen molar-refractivity contribution in [3.63, 3.8) is 0 Å². The summed E-state index contributed by atoms with van der Waals surface area (Å²) >= 11 is 0. The van der Waals surface area contributed by atoms with Gasteiger partial charge >= 0.3 is 0 Å². The van der Waals surface area contributed by atoms with Crippen LogP contribution in [0, 0.1) is 40.8 Å². The molecule has 0 fully saturated rings. The van der Waals surface area contributed by atoms with Crippen LogP contribution in [0.1, 0.15) is 0 Å². The van der Waals surface area contributed by atoms with E-state index in [1.54, 1.807) is 0 Å². The van der Waals surface area contributed by atoms with Crippen LogP contribution < -0.4 is 0 Å². The zero-order valence-corrected chi connectivity index (χ0v) is 6.51. The molecule has 0 unspecified atom stereocenters. The molecule has 13 heavy (non-hydrogen) atoms. The van der Waals surface area contributed by atoms with Crippen LogP contribution >= 0.6 is 0 Å². The molecule has 0 aromatic heterocycles. The molecule has 0 rings (SSSR count). The van der Waals surface area contributed by atoms with Gasteiger partial charge in [-0.15, -0.1) is 10.1 Å². The van der Waals surface area contributed by atoms with Crippen LogP contribution in [0.25, 0.3) is 0 Å². The maximum atomic E-state index is 8.36. The first-order chi connectivity index (χ1) is 5.20. The molecule has 80 valence electrons. The van der Waals surface area contributed by atoms with Gasteiger partial charge in [-0.25, -0.2) is 0 Å². The molecule has 1 N–H and O–H groups in total. The largest absolute Gasteiger partial charge is 0.356 e. The second-order valence-electron chi connectivity index (χ2n) is 0.685. The molecule has 0 amide bonds. The molecular weight excluding hydrogens is 242 g/mol. The van der Waals surface area contributed by atoms with Gasteiger partial charge in [-0.1, -0.05) is 0 Å². The average Bonchev–Trinajstić information content (AvgIpc) is 1.54. The van der Waals surface area contributed by atoms with E-state index >= 15 is 0 Å². The summed E-state index contributed by atoms with van der Waals surface area (Å²) in [5.41, 5.74) is 0. The number of nitrogens with zero attached hydrogens (tertiary/aromatic N) is 3. The normalized spacial score (nSPS) is 5.54. The van der Waals surface area contributed by atoms with Gasteiger partial charge in [0.1, 0.15) is 0 Å². The molecular formula is HFeN3O9-2. The van der Waals surface area contributed by atoms with Crippen molar-refractivity contribution in [3.8, 4) is 0 Å². The Kier molecular flexibility index (Phi) is 28.7. The monoisotopic (exact) mass is 243 g/mol. The Morgan fingerprint density at radius 2 is 0.769 bits per heavy atom. The number of rotatable bonds is 0. The molecule has 0 heterocycles. The van der Waals surface area contributed by atoms with Crippen LogP contribution in [0.5, 0.6) is 0 Å². The third-order valence-electron chi connectivity index (χ3n) is 0. The van der Waals surface area contributed by atoms with E-state index in [0.717, 1.165) is 0 Å². The van der Waals surface area contributed by atoms with Gasteiger partial charge in [0, 0.05) is 17.1 Å². The summed E-state index contributed by atoms with van der Waals surface area (Å²) in [6.45, 7) is 0. The summed E-state index contributed by atoms with van der Waals surface area (Å²) < 4.78 is 0. The topological polar surface area (TPSA) is 196 Å². The fraction of sp³-hybridized carbons (Fsp3) is 0. The first kappa shape index (κ1) is 22.5. The quantitative estimate of drug-likeness (QED) is 0.320. The predicted octanol–water partition coefficient (Wildman–Crippen LogP) is -0.828. The van der Waals surface area contributed by atoms with Crippen LogP contribution in [0.4, 0.5) is 0 Å². The molecule has 0 aliphatic carbocycles. The van der Waals surface area contributed by atoms with E-state index in [0.29, 0.717) is 0 Å². The second-order valence-corrected chi connectivity index (χ2v) is 0.685. The van der Waals surface area contributed by atoms with Crippen molar-refractivity contribution in [1.29, 1.82) is 0 Å². The minimum absolute atomic E-state index is 0. The van der Waals surface area contributed by atoms with Crippen molar-refractivity contribution in [3.05, 3.63) is 40.8 Å². The van der Waals surface area contributed by atoms with Gasteiger partial charge in [0.15, 0.2) is 0 Å². The molecule has 12 nitrogen and oxygen atoms in total. The SMILES string of the molecule is O=[N+]([O-])O.O=[N+]([O-])[O-].O=[N+]([O-])[O-].[Fe]. The second kappa shape index (κ2) is 16.6. The zero-order chi connectivity index (χ0) is 10.7. The third-order valence-corrected chi connectivity index (χ3v) is 0. The molecule has 0 saturated heterocycles. The van der Waals surface area contributed by atoms with Gasteiger partial charge in [-0.2, -0.15) is 0 Å². The Morgan fingerprint density at radius 3 is 0.769 bits per heavy atom. The van der Waals surface area contributed by atoms with Gasteiger partial charge in [0.25, 0.3) is 5.09 Å². The van der Waals surface area contributed by atoms with E-state index < -0.39 is 15.3 Å². The minimum atomic E-state index is -1.75. The average molecular weight is 243 g/mol. The fourth-order valence-corrected chi connectivity index (χ4v) is 0. The molecule has 0 aromatic carbocycles. The van der Waals surface area contributed by atoms with Crippen LogP contribution in [-0.4, -0.2) is 20.5 Å². The van der Waals surface area contributed by atoms with Gasteiger partial charge in [0.05, 0.1) is 10.2 Å². The molecule has 0 aromatic rings. The molecule has 0 saturated carbocycles. The molecule has 0 bridgehead atoms. The molecule has 0 spiro atoms. The fourth-order valence-electron chi connectivity index (χ4n) is 0. The van der Waals surface area contributed by atoms with E-state index in [4.69, 9.17) is 46.0 Å². The summed E-state index contributed by atoms with van der Waals surface area (Å²) in [4.78, 5) is 24.9. The Labute approximate surface area is 79.2 Å². The van der Waals surface area contributed by atoms with Crippen molar-refractivity contribution >= 4 is 0 Å². The summed E-state index contributed by atoms with van der Waals surface area (Å²) in [7, 11) is 0. The Bertz CT molecular complexity index is 112. The summed E-state index contributed by atoms with van der Waals surface area (Å²) in [5, 5.41) is 43.1. The van der Waals surface area contributed by atoms with Crippen molar-refractivity contribution in [1.82, 2.24) is 0 Å². The molecule has 0 radical (unpaired) electrons. The summed E-state index contributed by atoms with van der Waals surface area (Å²) in [5.74, 6) is 0. The van der Waals surface area contributed by atoms with E-state index in [2.05, 4.69) is 0 Å². The van der Waals surface area contributed by atoms with Gasteiger partial charge < -0.3 is 35.9 Å². The van der Waals surface area contributed by atoms with Crippen molar-refractivity contribution in [2.45, 2.75) is 0 Å². The van der Waals surface area contributed by atoms with Crippen molar-refractivity contribution in [2.75, 3.05) is 0 Å². The van der Waals surface area contributed by atoms with Crippen LogP contribution in [0.3, 0.4) is 0 Å². The minimum Gasteiger partial charge on any atom is -0.356 e. The van der Waals surface area contributed by atoms with E-state index in [1.807, 2.05) is 0 Å². The zero-order valence-electron chi connectivity index (χ0n) is 5.41. The number of hydrogen-bond acceptors (Lipinski definition) is 8. The first-order valence-corrected chi connectivity index (χ1v) is 1.66. The third kappa shape index (κ3) is 189. The smallest absolute Gasteiger partial charge is 0.291 e. The maximum absolute atomic E-state index is 8.36. The van der Waals surface area contributed by atoms with E-state index in [1.165, 1.54) is 0 Å². The Balaban J connectivity index is -0.0000000450. The Morgan fingerprint density at radius 1 is 0.769 bits per heavy atom. The molecule has 0 aliphatic rings. The van der Waals surface area contributed by atoms with E-state index in [9.17, 15) is 0 Å². The summed E-state index contributed by atoms with van der Waals surface area (Å²) in [6.07, 6.45) is 0. The number of hydrogen-bond donors (Lipinski definition) is 1. The predicted molar refractivity (Wildman–Crippen MR) is 29.5 cm³/mol. The molecule has 13 heteroatoms. The summed E-state index contributed by atoms with van der Waals surface area (Å²) in [6, 6.07) is 0. The maximum Gasteiger partial charge on any atom is 0.291 e. The van der Waals surface area contributed by atoms with Crippen molar-refractivity contribution in [2.24, 2.45) is 0 Å². The molecule has 0 aliphatic heterocycles.